The van der Waals surface area contributed by atoms with Crippen LogP contribution in [-0.4, -0.2) is 6.54 Å². The van der Waals surface area contributed by atoms with Crippen LogP contribution in [0, 0.1) is 23.0 Å². The number of halogens is 3. The molecule has 2 rings (SSSR count). The van der Waals surface area contributed by atoms with Gasteiger partial charge in [0.25, 0.3) is 0 Å². The fourth-order valence-corrected chi connectivity index (χ4v) is 3.65. The highest BCUT2D eigenvalue weighted by molar-refractivity contribution is 9.10. The van der Waals surface area contributed by atoms with Crippen LogP contribution in [0.4, 0.5) is 8.78 Å². The van der Waals surface area contributed by atoms with E-state index in [1.54, 1.807) is 0 Å². The molecule has 1 aliphatic rings. The van der Waals surface area contributed by atoms with Crippen molar-refractivity contribution in [1.82, 2.24) is 5.32 Å². The van der Waals surface area contributed by atoms with Gasteiger partial charge in [-0.3, -0.25) is 0 Å². The largest absolute Gasteiger partial charge is 0.310 e. The summed E-state index contributed by atoms with van der Waals surface area (Å²) >= 11 is 3.17. The van der Waals surface area contributed by atoms with Crippen LogP contribution in [0.3, 0.4) is 0 Å². The van der Waals surface area contributed by atoms with E-state index in [4.69, 9.17) is 0 Å². The molecule has 1 N–H and O–H groups in total. The molecule has 21 heavy (non-hydrogen) atoms. The van der Waals surface area contributed by atoms with Gasteiger partial charge in [-0.15, -0.1) is 0 Å². The predicted octanol–water partition coefficient (Wildman–Crippen LogP) is 5.59. The molecule has 0 heterocycles. The smallest absolute Gasteiger partial charge is 0.145 e. The van der Waals surface area contributed by atoms with E-state index in [-0.39, 0.29) is 17.5 Å². The molecule has 1 aromatic rings. The third kappa shape index (κ3) is 3.84. The van der Waals surface area contributed by atoms with Crippen LogP contribution in [0.1, 0.15) is 58.1 Å². The molecule has 0 aliphatic heterocycles. The molecule has 1 aliphatic carbocycles. The Labute approximate surface area is 134 Å². The maximum Gasteiger partial charge on any atom is 0.145 e. The second-order valence-electron chi connectivity index (χ2n) is 6.79. The lowest BCUT2D eigenvalue weighted by Gasteiger charge is -2.38. The van der Waals surface area contributed by atoms with Crippen LogP contribution in [-0.2, 0) is 0 Å². The second-order valence-corrected chi connectivity index (χ2v) is 7.65. The summed E-state index contributed by atoms with van der Waals surface area (Å²) < 4.78 is 29.0. The molecule has 1 atom stereocenters. The Morgan fingerprint density at radius 1 is 1.29 bits per heavy atom. The zero-order valence-corrected chi connectivity index (χ0v) is 14.6. The Hall–Kier alpha value is -0.480. The second kappa shape index (κ2) is 6.74. The van der Waals surface area contributed by atoms with Crippen molar-refractivity contribution >= 4 is 15.9 Å². The Morgan fingerprint density at radius 3 is 2.48 bits per heavy atom. The maximum absolute atomic E-state index is 14.4. The highest BCUT2D eigenvalue weighted by Gasteiger charge is 2.34. The van der Waals surface area contributed by atoms with E-state index < -0.39 is 11.6 Å². The minimum atomic E-state index is -0.467. The van der Waals surface area contributed by atoms with Gasteiger partial charge in [0, 0.05) is 11.6 Å². The summed E-state index contributed by atoms with van der Waals surface area (Å²) in [5.41, 5.74) is 0.540. The van der Waals surface area contributed by atoms with Crippen molar-refractivity contribution in [3.8, 4) is 0 Å². The molecule has 1 saturated carbocycles. The molecule has 4 heteroatoms. The van der Waals surface area contributed by atoms with Gasteiger partial charge in [-0.25, -0.2) is 8.78 Å². The summed E-state index contributed by atoms with van der Waals surface area (Å²) in [4.78, 5) is 0. The standard InChI is InChI=1S/C17H24BrF2N/c1-4-21-16(11-7-9-17(2,3)10-8-11)14-13(19)6-5-12(18)15(14)20/h5-6,11,16,21H,4,7-10H2,1-3H3. The summed E-state index contributed by atoms with van der Waals surface area (Å²) in [7, 11) is 0. The Balaban J connectivity index is 2.30. The first-order chi connectivity index (χ1) is 9.85. The van der Waals surface area contributed by atoms with E-state index in [0.29, 0.717) is 16.4 Å². The molecule has 0 spiro atoms. The summed E-state index contributed by atoms with van der Waals surface area (Å²) in [6.07, 6.45) is 4.24. The zero-order valence-electron chi connectivity index (χ0n) is 13.0. The first kappa shape index (κ1) is 16.9. The van der Waals surface area contributed by atoms with Crippen molar-refractivity contribution in [2.45, 2.75) is 52.5 Å². The molecule has 1 fully saturated rings. The van der Waals surface area contributed by atoms with E-state index in [0.717, 1.165) is 25.7 Å². The van der Waals surface area contributed by atoms with Gasteiger partial charge in [0.15, 0.2) is 0 Å². The minimum Gasteiger partial charge on any atom is -0.310 e. The number of benzene rings is 1. The summed E-state index contributed by atoms with van der Waals surface area (Å²) in [6, 6.07) is 2.53. The van der Waals surface area contributed by atoms with E-state index in [1.165, 1.54) is 12.1 Å². The van der Waals surface area contributed by atoms with Gasteiger partial charge in [-0.05, 0) is 71.6 Å². The fourth-order valence-electron chi connectivity index (χ4n) is 3.31. The fraction of sp³-hybridized carbons (Fsp3) is 0.647. The quantitative estimate of drug-likeness (QED) is 0.690. The summed E-state index contributed by atoms with van der Waals surface area (Å²) in [5.74, 6) is -0.631. The van der Waals surface area contributed by atoms with Crippen molar-refractivity contribution in [2.75, 3.05) is 6.54 Å². The lowest BCUT2D eigenvalue weighted by Crippen LogP contribution is -2.34. The average molecular weight is 360 g/mol. The molecule has 0 saturated heterocycles. The van der Waals surface area contributed by atoms with Gasteiger partial charge in [0.05, 0.1) is 4.47 Å². The molecular weight excluding hydrogens is 336 g/mol. The van der Waals surface area contributed by atoms with E-state index in [2.05, 4.69) is 35.1 Å². The van der Waals surface area contributed by atoms with Crippen LogP contribution < -0.4 is 5.32 Å². The highest BCUT2D eigenvalue weighted by atomic mass is 79.9. The van der Waals surface area contributed by atoms with Crippen molar-refractivity contribution in [1.29, 1.82) is 0 Å². The van der Waals surface area contributed by atoms with Gasteiger partial charge in [-0.1, -0.05) is 20.8 Å². The van der Waals surface area contributed by atoms with E-state index >= 15 is 0 Å². The number of hydrogen-bond acceptors (Lipinski definition) is 1. The van der Waals surface area contributed by atoms with Gasteiger partial charge in [-0.2, -0.15) is 0 Å². The molecule has 1 unspecified atom stereocenters. The molecule has 1 aromatic carbocycles. The first-order valence-corrected chi connectivity index (χ1v) is 8.52. The van der Waals surface area contributed by atoms with Crippen molar-refractivity contribution in [3.05, 3.63) is 33.8 Å². The van der Waals surface area contributed by atoms with Gasteiger partial charge >= 0.3 is 0 Å². The zero-order chi connectivity index (χ0) is 15.6. The SMILES string of the molecule is CCNC(c1c(F)ccc(Br)c1F)C1CCC(C)(C)CC1. The number of rotatable bonds is 4. The van der Waals surface area contributed by atoms with Crippen LogP contribution in [0.25, 0.3) is 0 Å². The third-order valence-electron chi connectivity index (χ3n) is 4.67. The molecule has 0 bridgehead atoms. The Bertz CT molecular complexity index is 492. The highest BCUT2D eigenvalue weighted by Crippen LogP contribution is 2.44. The van der Waals surface area contributed by atoms with Crippen molar-refractivity contribution in [3.63, 3.8) is 0 Å². The van der Waals surface area contributed by atoms with E-state index in [1.807, 2.05) is 6.92 Å². The van der Waals surface area contributed by atoms with Gasteiger partial charge in [0.2, 0.25) is 0 Å². The van der Waals surface area contributed by atoms with E-state index in [9.17, 15) is 8.78 Å². The van der Waals surface area contributed by atoms with Crippen molar-refractivity contribution in [2.24, 2.45) is 11.3 Å². The van der Waals surface area contributed by atoms with Crippen LogP contribution in [0.5, 0.6) is 0 Å². The third-order valence-corrected chi connectivity index (χ3v) is 5.28. The number of hydrogen-bond donors (Lipinski definition) is 1. The maximum atomic E-state index is 14.4. The van der Waals surface area contributed by atoms with Crippen LogP contribution in [0.2, 0.25) is 0 Å². The molecule has 118 valence electrons. The number of nitrogens with one attached hydrogen (secondary N) is 1. The lowest BCUT2D eigenvalue weighted by molar-refractivity contribution is 0.159. The summed E-state index contributed by atoms with van der Waals surface area (Å²) in [5, 5.41) is 3.30. The monoisotopic (exact) mass is 359 g/mol. The lowest BCUT2D eigenvalue weighted by atomic mass is 9.70. The van der Waals surface area contributed by atoms with Crippen molar-refractivity contribution < 1.29 is 8.78 Å². The van der Waals surface area contributed by atoms with Crippen LogP contribution >= 0.6 is 15.9 Å². The first-order valence-electron chi connectivity index (χ1n) is 7.72. The predicted molar refractivity (Wildman–Crippen MR) is 86.2 cm³/mol. The van der Waals surface area contributed by atoms with Crippen LogP contribution in [0.15, 0.2) is 16.6 Å². The molecule has 0 amide bonds. The molecule has 0 radical (unpaired) electrons. The topological polar surface area (TPSA) is 12.0 Å². The minimum absolute atomic E-state index is 0.191. The summed E-state index contributed by atoms with van der Waals surface area (Å²) in [6.45, 7) is 7.22. The molecule has 1 nitrogen and oxygen atoms in total. The normalized spacial score (nSPS) is 20.5. The Kier molecular flexibility index (Phi) is 5.42. The molecule has 0 aromatic heterocycles. The van der Waals surface area contributed by atoms with Gasteiger partial charge < -0.3 is 5.32 Å². The average Bonchev–Trinajstić information content (AvgIpc) is 2.43. The Morgan fingerprint density at radius 2 is 1.90 bits per heavy atom. The molecular formula is C17H24BrF2N. The van der Waals surface area contributed by atoms with Gasteiger partial charge in [0.1, 0.15) is 11.6 Å².